The van der Waals surface area contributed by atoms with Crippen LogP contribution >= 0.6 is 0 Å². The standard InChI is InChI=1S/2C12H10O2.4Li/c2*13-11-7-3-1-5-9(11)10-6-2-4-8-12(10)14;;;;/h2*1-8,13-14H;;;;/q;;4*+1/p-4. The van der Waals surface area contributed by atoms with Gasteiger partial charge in [-0.2, -0.15) is 0 Å². The number of rotatable bonds is 2. The van der Waals surface area contributed by atoms with Crippen molar-refractivity contribution in [3.8, 4) is 45.3 Å². The molecule has 0 saturated heterocycles. The Labute approximate surface area is 236 Å². The Morgan fingerprint density at radius 2 is 0.438 bits per heavy atom. The second kappa shape index (κ2) is 16.1. The molecule has 0 fully saturated rings. The summed E-state index contributed by atoms with van der Waals surface area (Å²) >= 11 is 0. The summed E-state index contributed by atoms with van der Waals surface area (Å²) in [6, 6.07) is 26.2. The van der Waals surface area contributed by atoms with Crippen molar-refractivity contribution in [2.24, 2.45) is 0 Å². The third-order valence-electron chi connectivity index (χ3n) is 4.13. The van der Waals surface area contributed by atoms with Crippen molar-refractivity contribution in [3.63, 3.8) is 0 Å². The van der Waals surface area contributed by atoms with Crippen LogP contribution in [0, 0.1) is 0 Å². The van der Waals surface area contributed by atoms with Crippen LogP contribution in [0.4, 0.5) is 0 Å². The van der Waals surface area contributed by atoms with Crippen LogP contribution in [-0.2, 0) is 0 Å². The summed E-state index contributed by atoms with van der Waals surface area (Å²) in [5, 5.41) is 45.7. The largest absolute Gasteiger partial charge is 1.00 e. The molecule has 0 radical (unpaired) electrons. The molecule has 4 rings (SSSR count). The number of hydrogen-bond donors (Lipinski definition) is 0. The van der Waals surface area contributed by atoms with E-state index >= 15 is 0 Å². The molecule has 0 saturated carbocycles. The van der Waals surface area contributed by atoms with Crippen LogP contribution in [-0.4, -0.2) is 0 Å². The summed E-state index contributed by atoms with van der Waals surface area (Å²) in [6.07, 6.45) is 0. The molecule has 140 valence electrons. The van der Waals surface area contributed by atoms with Crippen LogP contribution in [0.2, 0.25) is 0 Å². The fraction of sp³-hybridized carbons (Fsp3) is 0. The second-order valence-electron chi connectivity index (χ2n) is 5.98. The van der Waals surface area contributed by atoms with E-state index in [9.17, 15) is 20.4 Å². The molecule has 32 heavy (non-hydrogen) atoms. The summed E-state index contributed by atoms with van der Waals surface area (Å²) in [7, 11) is 0. The van der Waals surface area contributed by atoms with Crippen LogP contribution in [0.1, 0.15) is 0 Å². The monoisotopic (exact) mass is 396 g/mol. The van der Waals surface area contributed by atoms with Gasteiger partial charge in [-0.15, -0.1) is 23.0 Å². The van der Waals surface area contributed by atoms with Crippen LogP contribution in [0.25, 0.3) is 22.3 Å². The molecule has 0 spiro atoms. The van der Waals surface area contributed by atoms with Crippen LogP contribution in [0.5, 0.6) is 23.0 Å². The van der Waals surface area contributed by atoms with E-state index in [4.69, 9.17) is 0 Å². The Morgan fingerprint density at radius 1 is 0.281 bits per heavy atom. The van der Waals surface area contributed by atoms with E-state index in [-0.39, 0.29) is 98.4 Å². The Kier molecular flexibility index (Phi) is 16.5. The molecular formula is C24H16Li4O4. The van der Waals surface area contributed by atoms with Gasteiger partial charge in [-0.1, -0.05) is 97.1 Å². The Bertz CT molecular complexity index is 917. The Morgan fingerprint density at radius 3 is 0.594 bits per heavy atom. The van der Waals surface area contributed by atoms with Gasteiger partial charge in [0.2, 0.25) is 0 Å². The quantitative estimate of drug-likeness (QED) is 0.315. The average Bonchev–Trinajstić information content (AvgIpc) is 2.71. The average molecular weight is 396 g/mol. The predicted octanol–water partition coefficient (Wildman–Crippen LogP) is -8.98. The maximum atomic E-state index is 11.4. The molecule has 0 unspecified atom stereocenters. The van der Waals surface area contributed by atoms with Gasteiger partial charge in [-0.05, 0) is 22.3 Å². The van der Waals surface area contributed by atoms with Crippen LogP contribution < -0.4 is 95.9 Å². The van der Waals surface area contributed by atoms with Crippen LogP contribution in [0.15, 0.2) is 97.1 Å². The smallest absolute Gasteiger partial charge is 0.872 e. The second-order valence-corrected chi connectivity index (χ2v) is 5.98. The first-order chi connectivity index (χ1) is 13.6. The van der Waals surface area contributed by atoms with Gasteiger partial charge in [0.1, 0.15) is 0 Å². The first-order valence-electron chi connectivity index (χ1n) is 8.63. The topological polar surface area (TPSA) is 92.2 Å². The zero-order valence-corrected chi connectivity index (χ0v) is 18.9. The van der Waals surface area contributed by atoms with Crippen molar-refractivity contribution >= 4 is 0 Å². The van der Waals surface area contributed by atoms with E-state index in [0.29, 0.717) is 22.3 Å². The molecule has 4 nitrogen and oxygen atoms in total. The molecule has 0 atom stereocenters. The number of benzene rings is 4. The summed E-state index contributed by atoms with van der Waals surface area (Å²) in [5.74, 6) is -0.460. The first-order valence-corrected chi connectivity index (χ1v) is 8.63. The summed E-state index contributed by atoms with van der Waals surface area (Å²) in [6.45, 7) is 0. The van der Waals surface area contributed by atoms with Crippen molar-refractivity contribution in [1.29, 1.82) is 0 Å². The van der Waals surface area contributed by atoms with Crippen molar-refractivity contribution in [2.45, 2.75) is 0 Å². The molecule has 0 aromatic heterocycles. The molecule has 0 N–H and O–H groups in total. The van der Waals surface area contributed by atoms with Gasteiger partial charge in [0.05, 0.1) is 0 Å². The Balaban J connectivity index is 0. The molecular weight excluding hydrogens is 380 g/mol. The molecule has 0 heterocycles. The fourth-order valence-electron chi connectivity index (χ4n) is 2.76. The molecule has 0 aliphatic heterocycles. The van der Waals surface area contributed by atoms with Gasteiger partial charge in [-0.3, -0.25) is 0 Å². The van der Waals surface area contributed by atoms with Gasteiger partial charge in [0, 0.05) is 0 Å². The molecule has 8 heteroatoms. The molecule has 0 amide bonds. The van der Waals surface area contributed by atoms with E-state index in [2.05, 4.69) is 0 Å². The molecule has 0 bridgehead atoms. The zero-order valence-electron chi connectivity index (χ0n) is 18.9. The van der Waals surface area contributed by atoms with Gasteiger partial charge in [0.25, 0.3) is 0 Å². The minimum Gasteiger partial charge on any atom is -0.872 e. The van der Waals surface area contributed by atoms with Crippen molar-refractivity contribution in [3.05, 3.63) is 97.1 Å². The SMILES string of the molecule is [Li+].[Li+].[Li+].[Li+].[O-]c1ccccc1-c1ccccc1[O-].[O-]c1ccccc1-c1ccccc1[O-]. The molecule has 0 aliphatic rings. The molecule has 4 aromatic rings. The summed E-state index contributed by atoms with van der Waals surface area (Å²) < 4.78 is 0. The summed E-state index contributed by atoms with van der Waals surface area (Å²) in [5.41, 5.74) is 1.88. The number of hydrogen-bond acceptors (Lipinski definition) is 4. The first kappa shape index (κ1) is 32.6. The van der Waals surface area contributed by atoms with Crippen LogP contribution in [0.3, 0.4) is 0 Å². The van der Waals surface area contributed by atoms with E-state index < -0.39 is 0 Å². The third kappa shape index (κ3) is 8.43. The van der Waals surface area contributed by atoms with Gasteiger partial charge < -0.3 is 20.4 Å². The fourth-order valence-corrected chi connectivity index (χ4v) is 2.76. The van der Waals surface area contributed by atoms with Gasteiger partial charge in [-0.25, -0.2) is 0 Å². The van der Waals surface area contributed by atoms with Gasteiger partial charge >= 0.3 is 75.4 Å². The third-order valence-corrected chi connectivity index (χ3v) is 4.13. The van der Waals surface area contributed by atoms with E-state index in [1.807, 2.05) is 0 Å². The van der Waals surface area contributed by atoms with Crippen molar-refractivity contribution in [1.82, 2.24) is 0 Å². The Hall–Kier alpha value is -1.53. The minimum absolute atomic E-state index is 0. The number of para-hydroxylation sites is 4. The van der Waals surface area contributed by atoms with Crippen molar-refractivity contribution < 1.29 is 95.9 Å². The molecule has 4 aromatic carbocycles. The normalized spacial score (nSPS) is 8.75. The predicted molar refractivity (Wildman–Crippen MR) is 102 cm³/mol. The van der Waals surface area contributed by atoms with E-state index in [1.165, 1.54) is 24.3 Å². The maximum absolute atomic E-state index is 11.4. The maximum Gasteiger partial charge on any atom is 1.00 e. The van der Waals surface area contributed by atoms with E-state index in [1.54, 1.807) is 72.8 Å². The minimum atomic E-state index is -0.115. The van der Waals surface area contributed by atoms with Gasteiger partial charge in [0.15, 0.2) is 0 Å². The molecule has 0 aliphatic carbocycles. The van der Waals surface area contributed by atoms with Crippen molar-refractivity contribution in [2.75, 3.05) is 0 Å². The zero-order chi connectivity index (χ0) is 19.9. The van der Waals surface area contributed by atoms with E-state index in [0.717, 1.165) is 0 Å². The summed E-state index contributed by atoms with van der Waals surface area (Å²) in [4.78, 5) is 0.